The second-order valence-electron chi connectivity index (χ2n) is 6.90. The lowest BCUT2D eigenvalue weighted by molar-refractivity contribution is -0.144. The van der Waals surface area contributed by atoms with E-state index in [2.05, 4.69) is 66.7 Å². The molecule has 0 aliphatic heterocycles. The Bertz CT molecular complexity index is 876. The molecule has 27 heavy (non-hydrogen) atoms. The van der Waals surface area contributed by atoms with Crippen molar-refractivity contribution in [1.82, 2.24) is 4.90 Å². The fourth-order valence-corrected chi connectivity index (χ4v) is 3.49. The van der Waals surface area contributed by atoms with Crippen molar-refractivity contribution >= 4 is 16.7 Å². The van der Waals surface area contributed by atoms with E-state index in [0.717, 1.165) is 13.0 Å². The van der Waals surface area contributed by atoms with Crippen LogP contribution in [0.25, 0.3) is 10.8 Å². The van der Waals surface area contributed by atoms with Gasteiger partial charge in [0.25, 0.3) is 0 Å². The van der Waals surface area contributed by atoms with Gasteiger partial charge in [0.05, 0.1) is 13.2 Å². The number of rotatable bonds is 8. The van der Waals surface area contributed by atoms with Gasteiger partial charge in [-0.05, 0) is 48.8 Å². The molecule has 3 heteroatoms. The first-order chi connectivity index (χ1) is 13.2. The van der Waals surface area contributed by atoms with Crippen molar-refractivity contribution in [3.8, 4) is 0 Å². The molecule has 0 fully saturated rings. The van der Waals surface area contributed by atoms with Gasteiger partial charge in [-0.1, -0.05) is 72.8 Å². The number of hydrogen-bond donors (Lipinski definition) is 0. The zero-order valence-electron chi connectivity index (χ0n) is 16.1. The van der Waals surface area contributed by atoms with Gasteiger partial charge in [-0.15, -0.1) is 0 Å². The standard InChI is InChI=1S/C24H27NO2/c1-3-27-24(26)18-25(2)16-15-23(20-10-5-4-6-11-20)22-14-13-19-9-7-8-12-21(19)17-22/h4-14,17,23H,3,15-16,18H2,1-2H3. The van der Waals surface area contributed by atoms with E-state index in [1.807, 2.05) is 24.9 Å². The quantitative estimate of drug-likeness (QED) is 0.537. The highest BCUT2D eigenvalue weighted by molar-refractivity contribution is 5.83. The minimum Gasteiger partial charge on any atom is -0.465 e. The van der Waals surface area contributed by atoms with Crippen molar-refractivity contribution in [2.45, 2.75) is 19.3 Å². The van der Waals surface area contributed by atoms with E-state index in [1.165, 1.54) is 21.9 Å². The molecular formula is C24H27NO2. The van der Waals surface area contributed by atoms with Crippen LogP contribution in [0.5, 0.6) is 0 Å². The van der Waals surface area contributed by atoms with E-state index in [-0.39, 0.29) is 5.97 Å². The summed E-state index contributed by atoms with van der Waals surface area (Å²) < 4.78 is 5.06. The zero-order valence-corrected chi connectivity index (χ0v) is 16.1. The van der Waals surface area contributed by atoms with Crippen LogP contribution in [0.3, 0.4) is 0 Å². The number of carbonyl (C=O) groups is 1. The van der Waals surface area contributed by atoms with Gasteiger partial charge < -0.3 is 4.74 Å². The normalized spacial score (nSPS) is 12.3. The van der Waals surface area contributed by atoms with Gasteiger partial charge in [-0.2, -0.15) is 0 Å². The number of benzene rings is 3. The monoisotopic (exact) mass is 361 g/mol. The Labute approximate surface area is 161 Å². The molecule has 3 nitrogen and oxygen atoms in total. The molecule has 1 atom stereocenters. The van der Waals surface area contributed by atoms with Gasteiger partial charge in [-0.3, -0.25) is 9.69 Å². The molecule has 3 aromatic rings. The van der Waals surface area contributed by atoms with Gasteiger partial charge in [0, 0.05) is 5.92 Å². The van der Waals surface area contributed by atoms with Crippen molar-refractivity contribution < 1.29 is 9.53 Å². The van der Waals surface area contributed by atoms with Crippen LogP contribution in [0, 0.1) is 0 Å². The van der Waals surface area contributed by atoms with Crippen LogP contribution in [0.15, 0.2) is 72.8 Å². The summed E-state index contributed by atoms with van der Waals surface area (Å²) in [6, 6.07) is 25.8. The second-order valence-corrected chi connectivity index (χ2v) is 6.90. The first-order valence-electron chi connectivity index (χ1n) is 9.55. The maximum atomic E-state index is 11.7. The molecule has 0 aromatic heterocycles. The van der Waals surface area contributed by atoms with Crippen molar-refractivity contribution in [2.24, 2.45) is 0 Å². The Morgan fingerprint density at radius 3 is 2.37 bits per heavy atom. The van der Waals surface area contributed by atoms with Crippen molar-refractivity contribution in [3.63, 3.8) is 0 Å². The fraction of sp³-hybridized carbons (Fsp3) is 0.292. The third-order valence-electron chi connectivity index (χ3n) is 4.88. The van der Waals surface area contributed by atoms with Crippen LogP contribution >= 0.6 is 0 Å². The lowest BCUT2D eigenvalue weighted by atomic mass is 9.87. The Morgan fingerprint density at radius 2 is 1.63 bits per heavy atom. The smallest absolute Gasteiger partial charge is 0.320 e. The maximum absolute atomic E-state index is 11.7. The lowest BCUT2D eigenvalue weighted by Gasteiger charge is -2.22. The Balaban J connectivity index is 1.80. The number of esters is 1. The van der Waals surface area contributed by atoms with Crippen LogP contribution in [-0.4, -0.2) is 37.6 Å². The molecule has 0 bridgehead atoms. The predicted molar refractivity (Wildman–Crippen MR) is 111 cm³/mol. The highest BCUT2D eigenvalue weighted by Crippen LogP contribution is 2.30. The highest BCUT2D eigenvalue weighted by Gasteiger charge is 2.16. The summed E-state index contributed by atoms with van der Waals surface area (Å²) in [4.78, 5) is 13.8. The molecule has 0 amide bonds. The summed E-state index contributed by atoms with van der Waals surface area (Å²) in [5.74, 6) is 0.127. The average Bonchev–Trinajstić information content (AvgIpc) is 2.69. The summed E-state index contributed by atoms with van der Waals surface area (Å²) in [5.41, 5.74) is 2.61. The number of ether oxygens (including phenoxy) is 1. The maximum Gasteiger partial charge on any atom is 0.320 e. The van der Waals surface area contributed by atoms with E-state index in [4.69, 9.17) is 4.74 Å². The lowest BCUT2D eigenvalue weighted by Crippen LogP contribution is -2.29. The SMILES string of the molecule is CCOC(=O)CN(C)CCC(c1ccccc1)c1ccc2ccccc2c1. The molecule has 140 valence electrons. The Kier molecular flexibility index (Phi) is 6.61. The first-order valence-corrected chi connectivity index (χ1v) is 9.55. The minimum absolute atomic E-state index is 0.165. The summed E-state index contributed by atoms with van der Waals surface area (Å²) >= 11 is 0. The topological polar surface area (TPSA) is 29.5 Å². The van der Waals surface area contributed by atoms with Crippen LogP contribution in [0.4, 0.5) is 0 Å². The van der Waals surface area contributed by atoms with Gasteiger partial charge in [-0.25, -0.2) is 0 Å². The van der Waals surface area contributed by atoms with Crippen molar-refractivity contribution in [1.29, 1.82) is 0 Å². The Hall–Kier alpha value is -2.65. The van der Waals surface area contributed by atoms with E-state index in [0.29, 0.717) is 19.1 Å². The van der Waals surface area contributed by atoms with Crippen LogP contribution in [0.1, 0.15) is 30.4 Å². The van der Waals surface area contributed by atoms with Gasteiger partial charge in [0.2, 0.25) is 0 Å². The molecule has 0 saturated heterocycles. The number of fused-ring (bicyclic) bond motifs is 1. The molecule has 3 rings (SSSR count). The van der Waals surface area contributed by atoms with E-state index in [1.54, 1.807) is 0 Å². The fourth-order valence-electron chi connectivity index (χ4n) is 3.49. The van der Waals surface area contributed by atoms with Gasteiger partial charge in [0.1, 0.15) is 0 Å². The summed E-state index contributed by atoms with van der Waals surface area (Å²) in [6.07, 6.45) is 0.943. The summed E-state index contributed by atoms with van der Waals surface area (Å²) in [7, 11) is 1.97. The van der Waals surface area contributed by atoms with Crippen molar-refractivity contribution in [2.75, 3.05) is 26.7 Å². The number of nitrogens with zero attached hydrogens (tertiary/aromatic N) is 1. The van der Waals surface area contributed by atoms with Crippen LogP contribution in [-0.2, 0) is 9.53 Å². The number of likely N-dealkylation sites (N-methyl/N-ethyl adjacent to an activating group) is 1. The molecule has 0 spiro atoms. The summed E-state index contributed by atoms with van der Waals surface area (Å²) in [5, 5.41) is 2.52. The largest absolute Gasteiger partial charge is 0.465 e. The molecular weight excluding hydrogens is 334 g/mol. The van der Waals surface area contributed by atoms with E-state index >= 15 is 0 Å². The second kappa shape index (κ2) is 9.33. The molecule has 1 unspecified atom stereocenters. The zero-order chi connectivity index (χ0) is 19.1. The predicted octanol–water partition coefficient (Wildman–Crippen LogP) is 4.86. The third-order valence-corrected chi connectivity index (χ3v) is 4.88. The number of hydrogen-bond acceptors (Lipinski definition) is 3. The molecule has 0 radical (unpaired) electrons. The van der Waals surface area contributed by atoms with E-state index < -0.39 is 0 Å². The molecule has 0 saturated carbocycles. The Morgan fingerprint density at radius 1 is 0.926 bits per heavy atom. The van der Waals surface area contributed by atoms with Crippen molar-refractivity contribution in [3.05, 3.63) is 83.9 Å². The van der Waals surface area contributed by atoms with E-state index in [9.17, 15) is 4.79 Å². The molecule has 0 aliphatic rings. The average molecular weight is 361 g/mol. The molecule has 0 heterocycles. The molecule has 3 aromatic carbocycles. The van der Waals surface area contributed by atoms with Crippen LogP contribution in [0.2, 0.25) is 0 Å². The highest BCUT2D eigenvalue weighted by atomic mass is 16.5. The van der Waals surface area contributed by atoms with Crippen LogP contribution < -0.4 is 0 Å². The van der Waals surface area contributed by atoms with Gasteiger partial charge in [0.15, 0.2) is 0 Å². The molecule has 0 N–H and O–H groups in total. The number of carbonyl (C=O) groups excluding carboxylic acids is 1. The minimum atomic E-state index is -0.165. The van der Waals surface area contributed by atoms with Gasteiger partial charge >= 0.3 is 5.97 Å². The molecule has 0 aliphatic carbocycles. The summed E-state index contributed by atoms with van der Waals surface area (Å²) in [6.45, 7) is 3.41. The first kappa shape index (κ1) is 19.1. The third kappa shape index (κ3) is 5.18.